The van der Waals surface area contributed by atoms with Gasteiger partial charge in [0, 0.05) is 0 Å². The lowest BCUT2D eigenvalue weighted by atomic mass is 9.95. The molecule has 20 atom stereocenters. The van der Waals surface area contributed by atoms with Crippen molar-refractivity contribution in [2.75, 3.05) is 5.88 Å². The van der Waals surface area contributed by atoms with E-state index in [2.05, 4.69) is 0 Å². The Kier molecular flexibility index (Phi) is 25.8. The molecule has 0 bridgehead atoms. The number of alkyl halides is 1. The monoisotopic (exact) mass is 1510 g/mol. The summed E-state index contributed by atoms with van der Waals surface area (Å²) in [6.07, 6.45) is -36.9. The summed E-state index contributed by atoms with van der Waals surface area (Å²) in [6.45, 7) is 5.72. The van der Waals surface area contributed by atoms with E-state index < -0.39 is 182 Å². The van der Waals surface area contributed by atoms with E-state index in [1.54, 1.807) is 133 Å². The van der Waals surface area contributed by atoms with Gasteiger partial charge < -0.3 is 80.9 Å². The van der Waals surface area contributed by atoms with Gasteiger partial charge in [0.15, 0.2) is 92.3 Å². The second kappa shape index (κ2) is 36.2. The second-order valence-corrected chi connectivity index (χ2v) is 25.9. The summed E-state index contributed by atoms with van der Waals surface area (Å²) in [5.74, 6) is -9.90. The van der Waals surface area contributed by atoms with Crippen LogP contribution in [0.1, 0.15) is 111 Å². The fourth-order valence-electron chi connectivity index (χ4n) is 12.8. The molecule has 4 aliphatic rings. The Morgan fingerprint density at radius 3 is 0.725 bits per heavy atom. The van der Waals surface area contributed by atoms with Crippen molar-refractivity contribution in [1.82, 2.24) is 0 Å². The summed E-state index contributed by atoms with van der Waals surface area (Å²) in [6, 6.07) is 61.3. The zero-order valence-electron chi connectivity index (χ0n) is 58.9. The van der Waals surface area contributed by atoms with Gasteiger partial charge in [0.05, 0.1) is 68.9 Å². The molecular formula is C82H75ClO26. The molecule has 8 aromatic carbocycles. The molecule has 4 aliphatic heterocycles. The van der Waals surface area contributed by atoms with Crippen molar-refractivity contribution in [2.24, 2.45) is 0 Å². The average Bonchev–Trinajstić information content (AvgIpc) is 0.757. The predicted molar refractivity (Wildman–Crippen MR) is 380 cm³/mol. The summed E-state index contributed by atoms with van der Waals surface area (Å²) in [5, 5.41) is 12.4. The van der Waals surface area contributed by atoms with Crippen LogP contribution in [0.15, 0.2) is 243 Å². The lowest BCUT2D eigenvalue weighted by molar-refractivity contribution is -0.392. The summed E-state index contributed by atoms with van der Waals surface area (Å²) in [7, 11) is 0. The van der Waals surface area contributed by atoms with Crippen LogP contribution in [0.5, 0.6) is 0 Å². The number of aliphatic hydroxyl groups is 1. The standard InChI is InChI=1S/C82H75ClO26/c1-46-59(99-71(85)50-29-13-5-14-30-50)63(103-75(89)54-37-21-9-22-38-54)67(79(93)94-46)108-82-70(65(104-76(90)55-39-23-10-24-40-55)61(48(3)97-82)101-73(87)52-33-17-7-18-34-52)109-81-69(106-78(92)57-43-27-12-28-44-57)66(62(49(4)96-81)102-74(88)53-35-19-8-20-36-53)107-80-68(105-77(91)56-41-25-11-26-42-56)64(98-58(84)45-83)60(47(2)95-80)100-72(86)51-31-15-6-16-32-51/h5-44,46-49,59-70,79-82,93H,45H2,1-4H3/t46-,47-,48-,49-,59-,60-,61-,62-,63+,64+,65+,66+,67+,68+,69+,70+,79+,80-,81-,82-/m0/s1. The fraction of sp³-hybridized carbons (Fsp3) is 0.305. The number of esters is 9. The van der Waals surface area contributed by atoms with Gasteiger partial charge in [0.2, 0.25) is 0 Å². The summed E-state index contributed by atoms with van der Waals surface area (Å²) >= 11 is 6.16. The zero-order chi connectivity index (χ0) is 76.7. The molecule has 4 saturated heterocycles. The van der Waals surface area contributed by atoms with Crippen molar-refractivity contribution >= 4 is 65.3 Å². The normalized spacial score (nSPS) is 27.9. The van der Waals surface area contributed by atoms with Crippen LogP contribution in [0.4, 0.5) is 0 Å². The van der Waals surface area contributed by atoms with E-state index >= 15 is 9.59 Å². The van der Waals surface area contributed by atoms with Gasteiger partial charge in [-0.25, -0.2) is 38.4 Å². The van der Waals surface area contributed by atoms with Crippen LogP contribution < -0.4 is 0 Å². The fourth-order valence-corrected chi connectivity index (χ4v) is 12.8. The molecule has 0 spiro atoms. The van der Waals surface area contributed by atoms with Crippen molar-refractivity contribution < 1.29 is 124 Å². The molecule has 0 saturated carbocycles. The minimum atomic E-state index is -2.19. The number of hydrogen-bond donors (Lipinski definition) is 1. The van der Waals surface area contributed by atoms with Gasteiger partial charge in [-0.05, 0) is 125 Å². The highest BCUT2D eigenvalue weighted by Gasteiger charge is 2.61. The SMILES string of the molecule is C[C@@H]1O[C@@H](O)[C@H](O[C@@H]2O[C@@H](C)[C@H](OC(=O)c3ccccc3)[C@@H](OC(=O)c3ccccc3)[C@H]2O[C@@H]2O[C@@H](C)[C@H](OC(=O)c3ccccc3)[C@@H](O[C@@H]3O[C@@H](C)[C@H](OC(=O)c4ccccc4)[C@@H](OC(=O)CCl)[C@H]3OC(=O)c3ccccc3)[C@H]2OC(=O)c2ccccc2)[C@H](OC(=O)c2ccccc2)[C@H]1OC(=O)c1ccccc1. The molecule has 0 unspecified atom stereocenters. The van der Waals surface area contributed by atoms with Crippen LogP contribution in [-0.4, -0.2) is 188 Å². The maximum Gasteiger partial charge on any atom is 0.338 e. The van der Waals surface area contributed by atoms with E-state index in [9.17, 15) is 38.7 Å². The van der Waals surface area contributed by atoms with Crippen molar-refractivity contribution in [3.63, 3.8) is 0 Å². The van der Waals surface area contributed by atoms with Crippen LogP contribution in [0.25, 0.3) is 0 Å². The van der Waals surface area contributed by atoms with E-state index in [4.69, 9.17) is 87.4 Å². The molecule has 4 heterocycles. The number of hydrogen-bond acceptors (Lipinski definition) is 26. The first-order valence-electron chi connectivity index (χ1n) is 34.9. The zero-order valence-corrected chi connectivity index (χ0v) is 59.6. The quantitative estimate of drug-likeness (QED) is 0.0334. The molecule has 566 valence electrons. The first-order chi connectivity index (χ1) is 52.8. The Morgan fingerprint density at radius 1 is 0.257 bits per heavy atom. The third-order valence-corrected chi connectivity index (χ3v) is 18.4. The smallest absolute Gasteiger partial charge is 0.338 e. The van der Waals surface area contributed by atoms with Crippen molar-refractivity contribution in [1.29, 1.82) is 0 Å². The van der Waals surface area contributed by atoms with Crippen molar-refractivity contribution in [2.45, 2.75) is 151 Å². The minimum absolute atomic E-state index is 0.00119. The number of benzene rings is 8. The molecular weight excluding hydrogens is 1440 g/mol. The maximum atomic E-state index is 15.2. The molecule has 12 rings (SSSR count). The Bertz CT molecular complexity index is 4400. The molecule has 0 radical (unpaired) electrons. The van der Waals surface area contributed by atoms with Gasteiger partial charge in [-0.1, -0.05) is 146 Å². The number of carbonyl (C=O) groups is 9. The van der Waals surface area contributed by atoms with E-state index in [0.717, 1.165) is 0 Å². The Morgan fingerprint density at radius 2 is 0.450 bits per heavy atom. The molecule has 26 nitrogen and oxygen atoms in total. The molecule has 109 heavy (non-hydrogen) atoms. The van der Waals surface area contributed by atoms with E-state index in [-0.39, 0.29) is 44.5 Å². The lowest BCUT2D eigenvalue weighted by Crippen LogP contribution is -2.68. The highest BCUT2D eigenvalue weighted by molar-refractivity contribution is 6.26. The molecule has 1 N–H and O–H groups in total. The Balaban J connectivity index is 1.02. The second-order valence-electron chi connectivity index (χ2n) is 25.6. The first-order valence-corrected chi connectivity index (χ1v) is 35.4. The molecule has 27 heteroatoms. The average molecular weight is 1510 g/mol. The topological polar surface area (TPSA) is 322 Å². The van der Waals surface area contributed by atoms with Gasteiger partial charge in [0.25, 0.3) is 0 Å². The van der Waals surface area contributed by atoms with Crippen LogP contribution in [-0.2, 0) is 80.6 Å². The Hall–Kier alpha value is -11.0. The maximum absolute atomic E-state index is 15.2. The van der Waals surface area contributed by atoms with Gasteiger partial charge in [-0.2, -0.15) is 0 Å². The summed E-state index contributed by atoms with van der Waals surface area (Å²) in [5.41, 5.74) is -0.0155. The molecule has 0 aliphatic carbocycles. The van der Waals surface area contributed by atoms with Crippen LogP contribution in [0.2, 0.25) is 0 Å². The van der Waals surface area contributed by atoms with Gasteiger partial charge in [0.1, 0.15) is 12.0 Å². The van der Waals surface area contributed by atoms with Crippen molar-refractivity contribution in [3.05, 3.63) is 287 Å². The van der Waals surface area contributed by atoms with E-state index in [1.807, 2.05) is 0 Å². The Labute approximate surface area is 630 Å². The third-order valence-electron chi connectivity index (χ3n) is 18.2. The molecule has 8 aromatic rings. The molecule has 0 aromatic heterocycles. The van der Waals surface area contributed by atoms with Crippen LogP contribution in [0.3, 0.4) is 0 Å². The number of aliphatic hydroxyl groups excluding tert-OH is 1. The van der Waals surface area contributed by atoms with E-state index in [0.29, 0.717) is 0 Å². The minimum Gasteiger partial charge on any atom is -0.453 e. The highest BCUT2D eigenvalue weighted by atomic mass is 35.5. The molecule has 0 amide bonds. The van der Waals surface area contributed by atoms with Crippen LogP contribution >= 0.6 is 11.6 Å². The number of halogens is 1. The third kappa shape index (κ3) is 18.9. The number of ether oxygens (including phenoxy) is 16. The largest absolute Gasteiger partial charge is 0.453 e. The lowest BCUT2D eigenvalue weighted by Gasteiger charge is -2.51. The summed E-state index contributed by atoms with van der Waals surface area (Å²) < 4.78 is 104. The summed E-state index contributed by atoms with van der Waals surface area (Å²) in [4.78, 5) is 131. The number of carbonyl (C=O) groups excluding carboxylic acids is 9. The highest BCUT2D eigenvalue weighted by Crippen LogP contribution is 2.41. The van der Waals surface area contributed by atoms with Gasteiger partial charge in [-0.15, -0.1) is 11.6 Å². The van der Waals surface area contributed by atoms with E-state index in [1.165, 1.54) is 137 Å². The van der Waals surface area contributed by atoms with Crippen LogP contribution in [0, 0.1) is 0 Å². The van der Waals surface area contributed by atoms with Gasteiger partial charge in [-0.3, -0.25) is 4.79 Å². The van der Waals surface area contributed by atoms with Gasteiger partial charge >= 0.3 is 53.7 Å². The predicted octanol–water partition coefficient (Wildman–Crippen LogP) is 10.1. The number of rotatable bonds is 24. The molecule has 4 fully saturated rings. The van der Waals surface area contributed by atoms with Crippen molar-refractivity contribution in [3.8, 4) is 0 Å². The first kappa shape index (κ1) is 77.6.